The molecule has 0 bridgehead atoms. The van der Waals surface area contributed by atoms with Gasteiger partial charge in [0, 0.05) is 19.6 Å². The van der Waals surface area contributed by atoms with Gasteiger partial charge in [0.15, 0.2) is 0 Å². The second-order valence-corrected chi connectivity index (χ2v) is 5.00. The maximum atomic E-state index is 13.2. The van der Waals surface area contributed by atoms with Crippen molar-refractivity contribution in [3.63, 3.8) is 0 Å². The first-order valence-electron chi connectivity index (χ1n) is 7.34. The summed E-state index contributed by atoms with van der Waals surface area (Å²) in [4.78, 5) is 6.66. The van der Waals surface area contributed by atoms with E-state index in [4.69, 9.17) is 0 Å². The maximum absolute atomic E-state index is 13.2. The quantitative estimate of drug-likeness (QED) is 0.870. The van der Waals surface area contributed by atoms with Crippen molar-refractivity contribution in [2.24, 2.45) is 0 Å². The van der Waals surface area contributed by atoms with Crippen LogP contribution >= 0.6 is 0 Å². The molecule has 0 spiro atoms. The lowest BCUT2D eigenvalue weighted by molar-refractivity contribution is 0.625. The van der Waals surface area contributed by atoms with Gasteiger partial charge in [0.2, 0.25) is 0 Å². The molecule has 1 aromatic heterocycles. The lowest BCUT2D eigenvalue weighted by atomic mass is 10.1. The van der Waals surface area contributed by atoms with Gasteiger partial charge in [0.1, 0.15) is 11.6 Å². The number of anilines is 2. The fraction of sp³-hybridized carbons (Fsp3) is 0.353. The normalized spacial score (nSPS) is 10.5. The molecule has 0 aliphatic heterocycles. The Hall–Kier alpha value is -2.10. The van der Waals surface area contributed by atoms with Gasteiger partial charge < -0.3 is 10.2 Å². The van der Waals surface area contributed by atoms with E-state index in [0.29, 0.717) is 6.54 Å². The van der Waals surface area contributed by atoms with E-state index >= 15 is 0 Å². The van der Waals surface area contributed by atoms with Crippen LogP contribution in [0.2, 0.25) is 0 Å². The minimum Gasteiger partial charge on any atom is -0.380 e. The minimum atomic E-state index is -0.201. The van der Waals surface area contributed by atoms with Crippen molar-refractivity contribution in [3.8, 4) is 0 Å². The highest BCUT2D eigenvalue weighted by Gasteiger charge is 2.04. The Bertz CT molecular complexity index is 577. The summed E-state index contributed by atoms with van der Waals surface area (Å²) in [5, 5.41) is 3.28. The van der Waals surface area contributed by atoms with Crippen molar-refractivity contribution in [1.82, 2.24) is 4.98 Å². The van der Waals surface area contributed by atoms with Crippen LogP contribution in [0.25, 0.3) is 0 Å². The van der Waals surface area contributed by atoms with Crippen molar-refractivity contribution >= 4 is 11.5 Å². The Morgan fingerprint density at radius 3 is 2.52 bits per heavy atom. The molecule has 0 aliphatic carbocycles. The van der Waals surface area contributed by atoms with E-state index in [1.165, 1.54) is 6.07 Å². The smallest absolute Gasteiger partial charge is 0.128 e. The maximum Gasteiger partial charge on any atom is 0.128 e. The topological polar surface area (TPSA) is 28.2 Å². The molecule has 0 amide bonds. The molecule has 1 heterocycles. The molecule has 2 aromatic rings. The molecular formula is C17H22FN3. The highest BCUT2D eigenvalue weighted by molar-refractivity contribution is 5.49. The zero-order valence-corrected chi connectivity index (χ0v) is 12.9. The van der Waals surface area contributed by atoms with Gasteiger partial charge in [-0.1, -0.05) is 6.07 Å². The largest absolute Gasteiger partial charge is 0.380 e. The van der Waals surface area contributed by atoms with Crippen LogP contribution in [0.3, 0.4) is 0 Å². The van der Waals surface area contributed by atoms with Crippen LogP contribution in [0.4, 0.5) is 15.9 Å². The zero-order chi connectivity index (χ0) is 15.2. The number of rotatable bonds is 6. The van der Waals surface area contributed by atoms with Gasteiger partial charge >= 0.3 is 0 Å². The van der Waals surface area contributed by atoms with E-state index in [9.17, 15) is 4.39 Å². The number of nitrogens with zero attached hydrogens (tertiary/aromatic N) is 2. The fourth-order valence-electron chi connectivity index (χ4n) is 2.25. The Kier molecular flexibility index (Phi) is 5.14. The number of hydrogen-bond acceptors (Lipinski definition) is 3. The van der Waals surface area contributed by atoms with Crippen LogP contribution in [0, 0.1) is 12.7 Å². The molecule has 112 valence electrons. The summed E-state index contributed by atoms with van der Waals surface area (Å²) in [6, 6.07) is 8.87. The summed E-state index contributed by atoms with van der Waals surface area (Å²) in [6.07, 6.45) is 1.82. The van der Waals surface area contributed by atoms with Gasteiger partial charge in [-0.25, -0.2) is 9.37 Å². The van der Waals surface area contributed by atoms with Gasteiger partial charge in [0.05, 0.1) is 11.9 Å². The van der Waals surface area contributed by atoms with Crippen molar-refractivity contribution < 1.29 is 4.39 Å². The monoisotopic (exact) mass is 287 g/mol. The first-order chi connectivity index (χ1) is 10.1. The highest BCUT2D eigenvalue weighted by Crippen LogP contribution is 2.16. The van der Waals surface area contributed by atoms with E-state index in [1.807, 2.05) is 25.3 Å². The van der Waals surface area contributed by atoms with Crippen molar-refractivity contribution in [1.29, 1.82) is 0 Å². The zero-order valence-electron chi connectivity index (χ0n) is 12.9. The SMILES string of the molecule is CCN(CC)c1ccc(NCc2cc(F)ccc2C)cn1. The number of pyridine rings is 1. The van der Waals surface area contributed by atoms with E-state index in [1.54, 1.807) is 12.1 Å². The van der Waals surface area contributed by atoms with E-state index < -0.39 is 0 Å². The van der Waals surface area contributed by atoms with Crippen molar-refractivity contribution in [3.05, 3.63) is 53.5 Å². The standard InChI is InChI=1S/C17H22FN3/c1-4-21(5-2)17-9-8-16(12-20-17)19-11-14-10-15(18)7-6-13(14)3/h6-10,12,19H,4-5,11H2,1-3H3. The van der Waals surface area contributed by atoms with Gasteiger partial charge in [-0.05, 0) is 56.2 Å². The summed E-state index contributed by atoms with van der Waals surface area (Å²) in [7, 11) is 0. The molecule has 0 unspecified atom stereocenters. The summed E-state index contributed by atoms with van der Waals surface area (Å²) >= 11 is 0. The molecular weight excluding hydrogens is 265 g/mol. The van der Waals surface area contributed by atoms with Crippen molar-refractivity contribution in [2.45, 2.75) is 27.3 Å². The summed E-state index contributed by atoms with van der Waals surface area (Å²) < 4.78 is 13.2. The summed E-state index contributed by atoms with van der Waals surface area (Å²) in [5.41, 5.74) is 2.98. The molecule has 4 heteroatoms. The third kappa shape index (κ3) is 3.94. The van der Waals surface area contributed by atoms with Gasteiger partial charge in [-0.15, -0.1) is 0 Å². The van der Waals surface area contributed by atoms with Gasteiger partial charge in [0.25, 0.3) is 0 Å². The van der Waals surface area contributed by atoms with Crippen LogP contribution in [-0.2, 0) is 6.54 Å². The molecule has 0 saturated carbocycles. The van der Waals surface area contributed by atoms with Crippen LogP contribution in [0.1, 0.15) is 25.0 Å². The second-order valence-electron chi connectivity index (χ2n) is 5.00. The van der Waals surface area contributed by atoms with Gasteiger partial charge in [-0.3, -0.25) is 0 Å². The van der Waals surface area contributed by atoms with Crippen LogP contribution < -0.4 is 10.2 Å². The first kappa shape index (κ1) is 15.3. The predicted molar refractivity (Wildman–Crippen MR) is 86.3 cm³/mol. The average molecular weight is 287 g/mol. The summed E-state index contributed by atoms with van der Waals surface area (Å²) in [5.74, 6) is 0.778. The van der Waals surface area contributed by atoms with Crippen LogP contribution in [-0.4, -0.2) is 18.1 Å². The number of benzene rings is 1. The van der Waals surface area contributed by atoms with Gasteiger partial charge in [-0.2, -0.15) is 0 Å². The third-order valence-electron chi connectivity index (χ3n) is 3.63. The molecule has 0 radical (unpaired) electrons. The predicted octanol–water partition coefficient (Wildman–Crippen LogP) is 3.99. The molecule has 2 rings (SSSR count). The molecule has 21 heavy (non-hydrogen) atoms. The molecule has 0 fully saturated rings. The number of hydrogen-bond donors (Lipinski definition) is 1. The lowest BCUT2D eigenvalue weighted by Crippen LogP contribution is -2.22. The number of nitrogens with one attached hydrogen (secondary N) is 1. The average Bonchev–Trinajstić information content (AvgIpc) is 2.51. The molecule has 1 N–H and O–H groups in total. The number of aryl methyl sites for hydroxylation is 1. The Balaban J connectivity index is 2.02. The third-order valence-corrected chi connectivity index (χ3v) is 3.63. The second kappa shape index (κ2) is 7.07. The van der Waals surface area contributed by atoms with Crippen molar-refractivity contribution in [2.75, 3.05) is 23.3 Å². The minimum absolute atomic E-state index is 0.201. The Labute approximate surface area is 125 Å². The lowest BCUT2D eigenvalue weighted by Gasteiger charge is -2.19. The first-order valence-corrected chi connectivity index (χ1v) is 7.34. The molecule has 0 aliphatic rings. The number of halogens is 1. The Morgan fingerprint density at radius 1 is 1.14 bits per heavy atom. The van der Waals surface area contributed by atoms with Crippen LogP contribution in [0.5, 0.6) is 0 Å². The van der Waals surface area contributed by atoms with Crippen LogP contribution in [0.15, 0.2) is 36.5 Å². The molecule has 3 nitrogen and oxygen atoms in total. The Morgan fingerprint density at radius 2 is 1.90 bits per heavy atom. The molecule has 0 saturated heterocycles. The number of aromatic nitrogens is 1. The van der Waals surface area contributed by atoms with E-state index in [2.05, 4.69) is 29.0 Å². The van der Waals surface area contributed by atoms with E-state index in [0.717, 1.165) is 35.7 Å². The van der Waals surface area contributed by atoms with E-state index in [-0.39, 0.29) is 5.82 Å². The highest BCUT2D eigenvalue weighted by atomic mass is 19.1. The summed E-state index contributed by atoms with van der Waals surface area (Å²) in [6.45, 7) is 8.69. The molecule has 0 atom stereocenters. The fourth-order valence-corrected chi connectivity index (χ4v) is 2.25. The molecule has 1 aromatic carbocycles.